The van der Waals surface area contributed by atoms with Crippen LogP contribution in [0.1, 0.15) is 19.3 Å². The molecule has 0 aliphatic carbocycles. The standard InChI is InChI=1S/C18H26F2N2O5S/c1-26-11-12-27-10-2-7-21-18(23)14-5-8-22(9-6-14)28(24,25)15-3-4-16(19)17(20)13-15/h3-4,13-14H,2,5-12H2,1H3,(H,21,23). The minimum absolute atomic E-state index is 0.109. The fraction of sp³-hybridized carbons (Fsp3) is 0.611. The van der Waals surface area contributed by atoms with Crippen LogP contribution >= 0.6 is 0 Å². The van der Waals surface area contributed by atoms with Crippen LogP contribution in [-0.2, 0) is 24.3 Å². The number of sulfonamides is 1. The van der Waals surface area contributed by atoms with Gasteiger partial charge in [0.15, 0.2) is 11.6 Å². The lowest BCUT2D eigenvalue weighted by Crippen LogP contribution is -2.43. The molecule has 0 bridgehead atoms. The minimum Gasteiger partial charge on any atom is -0.382 e. The van der Waals surface area contributed by atoms with Crippen molar-refractivity contribution >= 4 is 15.9 Å². The van der Waals surface area contributed by atoms with Gasteiger partial charge in [-0.05, 0) is 37.5 Å². The zero-order chi connectivity index (χ0) is 20.6. The van der Waals surface area contributed by atoms with Gasteiger partial charge in [0.05, 0.1) is 18.1 Å². The molecule has 28 heavy (non-hydrogen) atoms. The highest BCUT2D eigenvalue weighted by Crippen LogP contribution is 2.24. The molecule has 1 aromatic rings. The van der Waals surface area contributed by atoms with Crippen LogP contribution in [0.4, 0.5) is 8.78 Å². The Labute approximate surface area is 164 Å². The summed E-state index contributed by atoms with van der Waals surface area (Å²) in [5.41, 5.74) is 0. The van der Waals surface area contributed by atoms with Gasteiger partial charge in [-0.3, -0.25) is 4.79 Å². The van der Waals surface area contributed by atoms with Crippen LogP contribution in [-0.4, -0.2) is 65.2 Å². The van der Waals surface area contributed by atoms with Gasteiger partial charge in [0.25, 0.3) is 0 Å². The number of amides is 1. The second-order valence-electron chi connectivity index (χ2n) is 6.50. The summed E-state index contributed by atoms with van der Waals surface area (Å²) < 4.78 is 62.9. The number of carbonyl (C=O) groups is 1. The van der Waals surface area contributed by atoms with E-state index in [0.29, 0.717) is 51.7 Å². The Morgan fingerprint density at radius 3 is 2.54 bits per heavy atom. The first kappa shape index (κ1) is 22.7. The zero-order valence-corrected chi connectivity index (χ0v) is 16.6. The lowest BCUT2D eigenvalue weighted by Gasteiger charge is -2.30. The maximum atomic E-state index is 13.4. The maximum absolute atomic E-state index is 13.4. The van der Waals surface area contributed by atoms with Crippen LogP contribution in [0.5, 0.6) is 0 Å². The fourth-order valence-corrected chi connectivity index (χ4v) is 4.40. The van der Waals surface area contributed by atoms with E-state index >= 15 is 0 Å². The number of halogens is 2. The van der Waals surface area contributed by atoms with E-state index in [4.69, 9.17) is 9.47 Å². The molecule has 158 valence electrons. The number of ether oxygens (including phenoxy) is 2. The lowest BCUT2D eigenvalue weighted by atomic mass is 9.97. The molecule has 10 heteroatoms. The first-order valence-corrected chi connectivity index (χ1v) is 10.6. The molecule has 0 saturated carbocycles. The molecule has 0 atom stereocenters. The predicted octanol–water partition coefficient (Wildman–Crippen LogP) is 1.53. The number of hydrogen-bond acceptors (Lipinski definition) is 5. The highest BCUT2D eigenvalue weighted by molar-refractivity contribution is 7.89. The summed E-state index contributed by atoms with van der Waals surface area (Å²) >= 11 is 0. The summed E-state index contributed by atoms with van der Waals surface area (Å²) in [5.74, 6) is -2.69. The monoisotopic (exact) mass is 420 g/mol. The van der Waals surface area contributed by atoms with Gasteiger partial charge in [0.2, 0.25) is 15.9 Å². The van der Waals surface area contributed by atoms with Crippen molar-refractivity contribution in [2.24, 2.45) is 5.92 Å². The van der Waals surface area contributed by atoms with Gasteiger partial charge in [0.1, 0.15) is 0 Å². The number of benzene rings is 1. The van der Waals surface area contributed by atoms with E-state index in [1.807, 2.05) is 0 Å². The molecular weight excluding hydrogens is 394 g/mol. The van der Waals surface area contributed by atoms with E-state index in [9.17, 15) is 22.0 Å². The van der Waals surface area contributed by atoms with Gasteiger partial charge < -0.3 is 14.8 Å². The Kier molecular flexibility index (Phi) is 8.74. The SMILES string of the molecule is COCCOCCCNC(=O)C1CCN(S(=O)(=O)c2ccc(F)c(F)c2)CC1. The normalized spacial score (nSPS) is 16.2. The molecule has 0 radical (unpaired) electrons. The number of rotatable bonds is 10. The van der Waals surface area contributed by atoms with Crippen molar-refractivity contribution in [2.45, 2.75) is 24.2 Å². The third-order valence-corrected chi connectivity index (χ3v) is 6.44. The second-order valence-corrected chi connectivity index (χ2v) is 8.44. The van der Waals surface area contributed by atoms with Crippen molar-refractivity contribution in [3.63, 3.8) is 0 Å². The van der Waals surface area contributed by atoms with Crippen LogP contribution in [0.3, 0.4) is 0 Å². The van der Waals surface area contributed by atoms with E-state index in [1.54, 1.807) is 7.11 Å². The number of piperidine rings is 1. The predicted molar refractivity (Wildman–Crippen MR) is 98.2 cm³/mol. The van der Waals surface area contributed by atoms with Crippen LogP contribution in [0.2, 0.25) is 0 Å². The average molecular weight is 420 g/mol. The molecule has 1 heterocycles. The third-order valence-electron chi connectivity index (χ3n) is 4.55. The van der Waals surface area contributed by atoms with E-state index in [0.717, 1.165) is 12.1 Å². The van der Waals surface area contributed by atoms with E-state index in [2.05, 4.69) is 5.32 Å². The van der Waals surface area contributed by atoms with E-state index in [-0.39, 0.29) is 29.8 Å². The summed E-state index contributed by atoms with van der Waals surface area (Å²) in [6.07, 6.45) is 1.43. The smallest absolute Gasteiger partial charge is 0.243 e. The molecule has 1 aromatic carbocycles. The van der Waals surface area contributed by atoms with Gasteiger partial charge in [-0.2, -0.15) is 4.31 Å². The Morgan fingerprint density at radius 2 is 1.89 bits per heavy atom. The lowest BCUT2D eigenvalue weighted by molar-refractivity contribution is -0.126. The first-order chi connectivity index (χ1) is 13.4. The van der Waals surface area contributed by atoms with Crippen molar-refractivity contribution in [1.29, 1.82) is 0 Å². The molecule has 2 rings (SSSR count). The number of nitrogens with zero attached hydrogens (tertiary/aromatic N) is 1. The number of hydrogen-bond donors (Lipinski definition) is 1. The fourth-order valence-electron chi connectivity index (χ4n) is 2.92. The largest absolute Gasteiger partial charge is 0.382 e. The van der Waals surface area contributed by atoms with Crippen molar-refractivity contribution in [2.75, 3.05) is 46.6 Å². The van der Waals surface area contributed by atoms with E-state index < -0.39 is 21.7 Å². The molecular formula is C18H26F2N2O5S. The van der Waals surface area contributed by atoms with Crippen molar-refractivity contribution in [1.82, 2.24) is 9.62 Å². The maximum Gasteiger partial charge on any atom is 0.243 e. The molecule has 0 unspecified atom stereocenters. The zero-order valence-electron chi connectivity index (χ0n) is 15.8. The Morgan fingerprint density at radius 1 is 1.18 bits per heavy atom. The Bertz CT molecular complexity index is 752. The highest BCUT2D eigenvalue weighted by Gasteiger charge is 2.32. The van der Waals surface area contributed by atoms with Gasteiger partial charge in [-0.25, -0.2) is 17.2 Å². The molecule has 1 N–H and O–H groups in total. The molecule has 1 saturated heterocycles. The summed E-state index contributed by atoms with van der Waals surface area (Å²) in [5, 5.41) is 2.83. The van der Waals surface area contributed by atoms with Gasteiger partial charge in [0, 0.05) is 39.3 Å². The summed E-state index contributed by atoms with van der Waals surface area (Å²) in [6.45, 7) is 2.35. The quantitative estimate of drug-likeness (QED) is 0.581. The number of nitrogens with one attached hydrogen (secondary N) is 1. The minimum atomic E-state index is -3.91. The van der Waals surface area contributed by atoms with Gasteiger partial charge >= 0.3 is 0 Å². The van der Waals surface area contributed by atoms with Crippen LogP contribution < -0.4 is 5.32 Å². The van der Waals surface area contributed by atoms with Crippen molar-refractivity contribution in [3.05, 3.63) is 29.8 Å². The first-order valence-electron chi connectivity index (χ1n) is 9.16. The molecule has 1 fully saturated rings. The molecule has 1 aliphatic heterocycles. The van der Waals surface area contributed by atoms with E-state index in [1.165, 1.54) is 4.31 Å². The molecule has 1 amide bonds. The third kappa shape index (κ3) is 6.20. The summed E-state index contributed by atoms with van der Waals surface area (Å²) in [4.78, 5) is 11.9. The Hall–Kier alpha value is -1.62. The number of carbonyl (C=O) groups excluding carboxylic acids is 1. The summed E-state index contributed by atoms with van der Waals surface area (Å²) in [7, 11) is -2.32. The van der Waals surface area contributed by atoms with Crippen LogP contribution in [0, 0.1) is 17.6 Å². The van der Waals surface area contributed by atoms with Gasteiger partial charge in [-0.1, -0.05) is 0 Å². The Balaban J connectivity index is 1.77. The second kappa shape index (κ2) is 10.8. The molecule has 0 aromatic heterocycles. The molecule has 7 nitrogen and oxygen atoms in total. The number of methoxy groups -OCH3 is 1. The molecule has 1 aliphatic rings. The molecule has 0 spiro atoms. The topological polar surface area (TPSA) is 84.9 Å². The van der Waals surface area contributed by atoms with Crippen molar-refractivity contribution < 1.29 is 31.5 Å². The van der Waals surface area contributed by atoms with Crippen LogP contribution in [0.25, 0.3) is 0 Å². The van der Waals surface area contributed by atoms with Crippen LogP contribution in [0.15, 0.2) is 23.1 Å². The average Bonchev–Trinajstić information content (AvgIpc) is 2.69. The van der Waals surface area contributed by atoms with Gasteiger partial charge in [-0.15, -0.1) is 0 Å². The van der Waals surface area contributed by atoms with Crippen molar-refractivity contribution in [3.8, 4) is 0 Å². The highest BCUT2D eigenvalue weighted by atomic mass is 32.2. The summed E-state index contributed by atoms with van der Waals surface area (Å²) in [6, 6.07) is 2.51.